The molecule has 2 rings (SSSR count). The average molecular weight is 251 g/mol. The lowest BCUT2D eigenvalue weighted by atomic mass is 10.1. The van der Waals surface area contributed by atoms with Crippen molar-refractivity contribution in [3.05, 3.63) is 46.7 Å². The zero-order valence-corrected chi connectivity index (χ0v) is 10.2. The van der Waals surface area contributed by atoms with Crippen molar-refractivity contribution in [2.45, 2.75) is 6.92 Å². The third kappa shape index (κ3) is 2.34. The molecule has 0 spiro atoms. The van der Waals surface area contributed by atoms with Crippen molar-refractivity contribution < 1.29 is 13.9 Å². The molecular formula is C13H11ClO3. The Bertz CT molecular complexity index is 558. The number of aryl methyl sites for hydroxylation is 1. The van der Waals surface area contributed by atoms with Gasteiger partial charge in [-0.25, -0.2) is 4.79 Å². The van der Waals surface area contributed by atoms with Gasteiger partial charge in [-0.15, -0.1) is 0 Å². The first-order valence-corrected chi connectivity index (χ1v) is 5.44. The fraction of sp³-hybridized carbons (Fsp3) is 0.154. The van der Waals surface area contributed by atoms with Crippen LogP contribution in [0.1, 0.15) is 16.1 Å². The number of halogens is 1. The fourth-order valence-corrected chi connectivity index (χ4v) is 1.72. The molecule has 88 valence electrons. The van der Waals surface area contributed by atoms with Crippen LogP contribution in [0.3, 0.4) is 0 Å². The van der Waals surface area contributed by atoms with Gasteiger partial charge < -0.3 is 9.15 Å². The standard InChI is InChI=1S/C13H11ClO3/c1-8-3-4-9(14)7-10(8)11-5-6-12(17-11)13(15)16-2/h3-7H,1-2H3. The molecule has 3 nitrogen and oxygen atoms in total. The maximum Gasteiger partial charge on any atom is 0.373 e. The van der Waals surface area contributed by atoms with E-state index < -0.39 is 5.97 Å². The van der Waals surface area contributed by atoms with Crippen molar-refractivity contribution in [2.75, 3.05) is 7.11 Å². The zero-order chi connectivity index (χ0) is 12.4. The summed E-state index contributed by atoms with van der Waals surface area (Å²) in [6, 6.07) is 8.83. The van der Waals surface area contributed by atoms with Crippen LogP contribution in [0.2, 0.25) is 5.02 Å². The smallest absolute Gasteiger partial charge is 0.373 e. The summed E-state index contributed by atoms with van der Waals surface area (Å²) in [5.74, 6) is 0.295. The van der Waals surface area contributed by atoms with Crippen LogP contribution in [0.25, 0.3) is 11.3 Å². The first kappa shape index (κ1) is 11.7. The minimum Gasteiger partial charge on any atom is -0.463 e. The van der Waals surface area contributed by atoms with Crippen molar-refractivity contribution in [1.29, 1.82) is 0 Å². The van der Waals surface area contributed by atoms with Gasteiger partial charge in [-0.3, -0.25) is 0 Å². The van der Waals surface area contributed by atoms with Gasteiger partial charge in [0, 0.05) is 10.6 Å². The normalized spacial score (nSPS) is 10.3. The lowest BCUT2D eigenvalue weighted by molar-refractivity contribution is 0.0566. The lowest BCUT2D eigenvalue weighted by Crippen LogP contribution is -1.98. The van der Waals surface area contributed by atoms with Crippen LogP contribution in [0.15, 0.2) is 34.7 Å². The Hall–Kier alpha value is -1.74. The minimum atomic E-state index is -0.490. The highest BCUT2D eigenvalue weighted by atomic mass is 35.5. The van der Waals surface area contributed by atoms with Crippen LogP contribution < -0.4 is 0 Å². The summed E-state index contributed by atoms with van der Waals surface area (Å²) in [5, 5.41) is 0.626. The van der Waals surface area contributed by atoms with E-state index in [0.717, 1.165) is 11.1 Å². The van der Waals surface area contributed by atoms with Gasteiger partial charge in [0.25, 0.3) is 0 Å². The SMILES string of the molecule is COC(=O)c1ccc(-c2cc(Cl)ccc2C)o1. The molecule has 1 aromatic carbocycles. The second-order valence-corrected chi connectivity index (χ2v) is 4.05. The van der Waals surface area contributed by atoms with E-state index in [2.05, 4.69) is 4.74 Å². The number of rotatable bonds is 2. The highest BCUT2D eigenvalue weighted by Crippen LogP contribution is 2.28. The maximum atomic E-state index is 11.3. The largest absolute Gasteiger partial charge is 0.463 e. The molecular weight excluding hydrogens is 240 g/mol. The molecule has 0 saturated carbocycles. The third-order valence-corrected chi connectivity index (χ3v) is 2.69. The van der Waals surface area contributed by atoms with E-state index in [9.17, 15) is 4.79 Å². The third-order valence-electron chi connectivity index (χ3n) is 2.46. The van der Waals surface area contributed by atoms with Gasteiger partial charge >= 0.3 is 5.97 Å². The van der Waals surface area contributed by atoms with E-state index in [1.807, 2.05) is 19.1 Å². The highest BCUT2D eigenvalue weighted by molar-refractivity contribution is 6.30. The van der Waals surface area contributed by atoms with Crippen molar-refractivity contribution in [3.63, 3.8) is 0 Å². The zero-order valence-electron chi connectivity index (χ0n) is 9.49. The summed E-state index contributed by atoms with van der Waals surface area (Å²) in [6.45, 7) is 1.95. The topological polar surface area (TPSA) is 39.4 Å². The summed E-state index contributed by atoms with van der Waals surface area (Å²) in [5.41, 5.74) is 1.90. The molecule has 0 atom stereocenters. The monoisotopic (exact) mass is 250 g/mol. The Balaban J connectivity index is 2.43. The number of benzene rings is 1. The Morgan fingerprint density at radius 2 is 2.06 bits per heavy atom. The van der Waals surface area contributed by atoms with Crippen LogP contribution in [0, 0.1) is 6.92 Å². The molecule has 0 saturated heterocycles. The number of carbonyl (C=O) groups is 1. The second-order valence-electron chi connectivity index (χ2n) is 3.61. The number of furan rings is 1. The minimum absolute atomic E-state index is 0.182. The molecule has 2 aromatic rings. The molecule has 0 aliphatic carbocycles. The van der Waals surface area contributed by atoms with Crippen LogP contribution in [-0.2, 0) is 4.74 Å². The van der Waals surface area contributed by atoms with E-state index >= 15 is 0 Å². The summed E-state index contributed by atoms with van der Waals surface area (Å²) in [4.78, 5) is 11.3. The number of esters is 1. The fourth-order valence-electron chi connectivity index (χ4n) is 1.55. The van der Waals surface area contributed by atoms with Gasteiger partial charge in [-0.05, 0) is 36.8 Å². The van der Waals surface area contributed by atoms with E-state index in [1.54, 1.807) is 18.2 Å². The molecule has 0 radical (unpaired) electrons. The predicted molar refractivity (Wildman–Crippen MR) is 65.2 cm³/mol. The number of methoxy groups -OCH3 is 1. The van der Waals surface area contributed by atoms with Crippen LogP contribution in [0.4, 0.5) is 0 Å². The first-order chi connectivity index (χ1) is 8.11. The van der Waals surface area contributed by atoms with Gasteiger partial charge in [0.1, 0.15) is 5.76 Å². The van der Waals surface area contributed by atoms with Crippen molar-refractivity contribution in [1.82, 2.24) is 0 Å². The Kier molecular flexibility index (Phi) is 3.20. The first-order valence-electron chi connectivity index (χ1n) is 5.06. The molecule has 4 heteroatoms. The van der Waals surface area contributed by atoms with Gasteiger partial charge in [0.2, 0.25) is 5.76 Å². The highest BCUT2D eigenvalue weighted by Gasteiger charge is 2.13. The predicted octanol–water partition coefficient (Wildman–Crippen LogP) is 3.70. The number of carbonyl (C=O) groups excluding carboxylic acids is 1. The van der Waals surface area contributed by atoms with Crippen LogP contribution >= 0.6 is 11.6 Å². The van der Waals surface area contributed by atoms with Gasteiger partial charge in [0.15, 0.2) is 0 Å². The molecule has 1 aromatic heterocycles. The number of hydrogen-bond donors (Lipinski definition) is 0. The molecule has 17 heavy (non-hydrogen) atoms. The van der Waals surface area contributed by atoms with Crippen molar-refractivity contribution >= 4 is 17.6 Å². The van der Waals surface area contributed by atoms with Gasteiger partial charge in [0.05, 0.1) is 7.11 Å². The number of hydrogen-bond acceptors (Lipinski definition) is 3. The number of ether oxygens (including phenoxy) is 1. The Morgan fingerprint density at radius 1 is 1.29 bits per heavy atom. The Morgan fingerprint density at radius 3 is 2.76 bits per heavy atom. The molecule has 0 unspecified atom stereocenters. The molecule has 0 bridgehead atoms. The van der Waals surface area contributed by atoms with Gasteiger partial charge in [-0.2, -0.15) is 0 Å². The van der Waals surface area contributed by atoms with Crippen LogP contribution in [-0.4, -0.2) is 13.1 Å². The average Bonchev–Trinajstić information content (AvgIpc) is 2.80. The summed E-state index contributed by atoms with van der Waals surface area (Å²) in [6.07, 6.45) is 0. The van der Waals surface area contributed by atoms with Gasteiger partial charge in [-0.1, -0.05) is 17.7 Å². The molecule has 0 amide bonds. The van der Waals surface area contributed by atoms with Crippen molar-refractivity contribution in [3.8, 4) is 11.3 Å². The molecule has 0 fully saturated rings. The molecule has 0 aliphatic rings. The Labute approximate surface area is 104 Å². The summed E-state index contributed by atoms with van der Waals surface area (Å²) < 4.78 is 10.0. The summed E-state index contributed by atoms with van der Waals surface area (Å²) >= 11 is 5.93. The van der Waals surface area contributed by atoms with E-state index in [0.29, 0.717) is 10.8 Å². The second kappa shape index (κ2) is 4.63. The van der Waals surface area contributed by atoms with Crippen LogP contribution in [0.5, 0.6) is 0 Å². The molecule has 1 heterocycles. The lowest BCUT2D eigenvalue weighted by Gasteiger charge is -2.02. The summed E-state index contributed by atoms with van der Waals surface area (Å²) in [7, 11) is 1.31. The quantitative estimate of drug-likeness (QED) is 0.763. The maximum absolute atomic E-state index is 11.3. The molecule has 0 aliphatic heterocycles. The van der Waals surface area contributed by atoms with Crippen molar-refractivity contribution in [2.24, 2.45) is 0 Å². The van der Waals surface area contributed by atoms with E-state index in [-0.39, 0.29) is 5.76 Å². The molecule has 0 N–H and O–H groups in total. The van der Waals surface area contributed by atoms with E-state index in [1.165, 1.54) is 7.11 Å². The van der Waals surface area contributed by atoms with E-state index in [4.69, 9.17) is 16.0 Å².